The summed E-state index contributed by atoms with van der Waals surface area (Å²) >= 11 is 1.37. The van der Waals surface area contributed by atoms with Crippen molar-refractivity contribution in [1.82, 2.24) is 10.3 Å². The second-order valence-electron chi connectivity index (χ2n) is 6.71. The molecule has 1 heterocycles. The van der Waals surface area contributed by atoms with Gasteiger partial charge >= 0.3 is 6.03 Å². The first-order valence-corrected chi connectivity index (χ1v) is 10.3. The van der Waals surface area contributed by atoms with Crippen molar-refractivity contribution >= 4 is 22.5 Å². The average Bonchev–Trinajstić information content (AvgIpc) is 3.17. The van der Waals surface area contributed by atoms with Crippen molar-refractivity contribution in [3.8, 4) is 11.5 Å². The van der Waals surface area contributed by atoms with E-state index >= 15 is 0 Å². The van der Waals surface area contributed by atoms with Crippen molar-refractivity contribution in [2.24, 2.45) is 0 Å². The number of nitrogens with one attached hydrogen (secondary N) is 2. The predicted octanol–water partition coefficient (Wildman–Crippen LogP) is 4.56. The van der Waals surface area contributed by atoms with Crippen molar-refractivity contribution in [1.29, 1.82) is 0 Å². The number of thiazole rings is 1. The maximum Gasteiger partial charge on any atom is 0.321 e. The third-order valence-electron chi connectivity index (χ3n) is 4.54. The van der Waals surface area contributed by atoms with Crippen LogP contribution in [-0.2, 0) is 12.8 Å². The number of carbonyl (C=O) groups excluding carboxylic acids is 1. The third-order valence-corrected chi connectivity index (χ3v) is 5.45. The van der Waals surface area contributed by atoms with Crippen LogP contribution < -0.4 is 20.1 Å². The van der Waals surface area contributed by atoms with E-state index in [1.165, 1.54) is 17.4 Å². The Morgan fingerprint density at radius 3 is 2.60 bits per heavy atom. The summed E-state index contributed by atoms with van der Waals surface area (Å²) in [7, 11) is 3.18. The molecule has 3 rings (SSSR count). The van der Waals surface area contributed by atoms with E-state index in [0.717, 1.165) is 16.0 Å². The first-order chi connectivity index (χ1) is 14.5. The summed E-state index contributed by atoms with van der Waals surface area (Å²) in [4.78, 5) is 17.3. The highest BCUT2D eigenvalue weighted by Crippen LogP contribution is 2.27. The minimum Gasteiger partial charge on any atom is -0.493 e. The van der Waals surface area contributed by atoms with Gasteiger partial charge in [0.1, 0.15) is 5.82 Å². The molecule has 30 heavy (non-hydrogen) atoms. The standard InChI is InChI=1S/C22H24FN3O3S/c1-14-4-5-16(11-18(14)23)10-17-13-25-22(30-17)26-21(27)24-9-8-15-6-7-19(28-2)20(12-15)29-3/h4-7,11-13H,8-10H2,1-3H3,(H2,24,25,26,27). The number of nitrogens with zero attached hydrogens (tertiary/aromatic N) is 1. The molecule has 0 atom stereocenters. The lowest BCUT2D eigenvalue weighted by Crippen LogP contribution is -2.30. The molecule has 0 fully saturated rings. The molecule has 0 unspecified atom stereocenters. The monoisotopic (exact) mass is 429 g/mol. The van der Waals surface area contributed by atoms with Gasteiger partial charge in [-0.15, -0.1) is 11.3 Å². The van der Waals surface area contributed by atoms with Gasteiger partial charge < -0.3 is 14.8 Å². The molecule has 0 saturated carbocycles. The van der Waals surface area contributed by atoms with Crippen LogP contribution in [0.15, 0.2) is 42.6 Å². The predicted molar refractivity (Wildman–Crippen MR) is 116 cm³/mol. The quantitative estimate of drug-likeness (QED) is 0.551. The summed E-state index contributed by atoms with van der Waals surface area (Å²) in [6.45, 7) is 2.19. The van der Waals surface area contributed by atoms with Crippen LogP contribution in [0.25, 0.3) is 0 Å². The summed E-state index contributed by atoms with van der Waals surface area (Å²) in [5.74, 6) is 1.10. The Bertz CT molecular complexity index is 1020. The fourth-order valence-electron chi connectivity index (χ4n) is 2.89. The Labute approximate surface area is 179 Å². The molecule has 0 bridgehead atoms. The largest absolute Gasteiger partial charge is 0.493 e. The lowest BCUT2D eigenvalue weighted by Gasteiger charge is -2.10. The van der Waals surface area contributed by atoms with E-state index in [1.54, 1.807) is 33.4 Å². The summed E-state index contributed by atoms with van der Waals surface area (Å²) in [6, 6.07) is 10.5. The summed E-state index contributed by atoms with van der Waals surface area (Å²) in [5.41, 5.74) is 2.51. The molecule has 1 aromatic heterocycles. The summed E-state index contributed by atoms with van der Waals surface area (Å²) < 4.78 is 24.2. The van der Waals surface area contributed by atoms with Gasteiger partial charge in [-0.2, -0.15) is 0 Å². The van der Waals surface area contributed by atoms with E-state index in [9.17, 15) is 9.18 Å². The number of urea groups is 1. The molecule has 0 aliphatic carbocycles. The summed E-state index contributed by atoms with van der Waals surface area (Å²) in [5, 5.41) is 6.05. The lowest BCUT2D eigenvalue weighted by atomic mass is 10.1. The van der Waals surface area contributed by atoms with Crippen molar-refractivity contribution in [3.05, 3.63) is 70.0 Å². The molecule has 0 spiro atoms. The normalized spacial score (nSPS) is 10.5. The van der Waals surface area contributed by atoms with E-state index in [-0.39, 0.29) is 11.8 Å². The Hall–Kier alpha value is -3.13. The molecule has 6 nitrogen and oxygen atoms in total. The molecule has 2 aromatic carbocycles. The Kier molecular flexibility index (Phi) is 7.24. The Morgan fingerprint density at radius 2 is 1.87 bits per heavy atom. The molecular formula is C22H24FN3O3S. The second-order valence-corrected chi connectivity index (χ2v) is 7.83. The van der Waals surface area contributed by atoms with Gasteiger partial charge in [0.2, 0.25) is 0 Å². The van der Waals surface area contributed by atoms with Crippen LogP contribution in [0.1, 0.15) is 21.6 Å². The number of aromatic nitrogens is 1. The Balaban J connectivity index is 1.48. The third kappa shape index (κ3) is 5.70. The number of ether oxygens (including phenoxy) is 2. The topological polar surface area (TPSA) is 72.5 Å². The van der Waals surface area contributed by atoms with Crippen LogP contribution in [0.3, 0.4) is 0 Å². The fourth-order valence-corrected chi connectivity index (χ4v) is 3.73. The summed E-state index contributed by atoms with van der Waals surface area (Å²) in [6.07, 6.45) is 2.91. The number of halogens is 1. The zero-order valence-corrected chi connectivity index (χ0v) is 17.9. The maximum absolute atomic E-state index is 13.7. The molecule has 0 saturated heterocycles. The molecule has 8 heteroatoms. The first-order valence-electron chi connectivity index (χ1n) is 9.44. The average molecular weight is 430 g/mol. The number of anilines is 1. The smallest absolute Gasteiger partial charge is 0.321 e. The van der Waals surface area contributed by atoms with Gasteiger partial charge in [-0.25, -0.2) is 14.2 Å². The number of methoxy groups -OCH3 is 2. The second kappa shape index (κ2) is 10.1. The van der Waals surface area contributed by atoms with Crippen LogP contribution in [0, 0.1) is 12.7 Å². The zero-order valence-electron chi connectivity index (χ0n) is 17.1. The van der Waals surface area contributed by atoms with Crippen LogP contribution in [0.2, 0.25) is 0 Å². The van der Waals surface area contributed by atoms with E-state index in [2.05, 4.69) is 15.6 Å². The molecule has 158 valence electrons. The van der Waals surface area contributed by atoms with Crippen LogP contribution in [0.5, 0.6) is 11.5 Å². The Morgan fingerprint density at radius 1 is 1.10 bits per heavy atom. The van der Waals surface area contributed by atoms with Crippen molar-refractivity contribution < 1.29 is 18.7 Å². The molecular weight excluding hydrogens is 405 g/mol. The first kappa shape index (κ1) is 21.6. The molecule has 2 amide bonds. The molecule has 2 N–H and O–H groups in total. The van der Waals surface area contributed by atoms with Crippen molar-refractivity contribution in [2.75, 3.05) is 26.1 Å². The van der Waals surface area contributed by atoms with E-state index in [0.29, 0.717) is 41.6 Å². The molecule has 0 radical (unpaired) electrons. The van der Waals surface area contributed by atoms with Gasteiger partial charge in [-0.3, -0.25) is 5.32 Å². The van der Waals surface area contributed by atoms with Gasteiger partial charge in [0.05, 0.1) is 14.2 Å². The van der Waals surface area contributed by atoms with Gasteiger partial charge in [-0.05, 0) is 48.2 Å². The highest BCUT2D eigenvalue weighted by molar-refractivity contribution is 7.15. The van der Waals surface area contributed by atoms with Gasteiger partial charge in [0.25, 0.3) is 0 Å². The SMILES string of the molecule is COc1ccc(CCNC(=O)Nc2ncc(Cc3ccc(C)c(F)c3)s2)cc1OC. The number of amides is 2. The highest BCUT2D eigenvalue weighted by atomic mass is 32.1. The van der Waals surface area contributed by atoms with Crippen molar-refractivity contribution in [3.63, 3.8) is 0 Å². The zero-order chi connectivity index (χ0) is 21.5. The number of carbonyl (C=O) groups is 1. The number of benzene rings is 2. The molecule has 0 aliphatic rings. The molecule has 3 aromatic rings. The van der Waals surface area contributed by atoms with Crippen LogP contribution >= 0.6 is 11.3 Å². The van der Waals surface area contributed by atoms with Gasteiger partial charge in [0, 0.05) is 24.0 Å². The number of rotatable bonds is 8. The minimum atomic E-state index is -0.322. The van der Waals surface area contributed by atoms with Crippen LogP contribution in [-0.4, -0.2) is 31.8 Å². The van der Waals surface area contributed by atoms with Crippen LogP contribution in [0.4, 0.5) is 14.3 Å². The molecule has 0 aliphatic heterocycles. The van der Waals surface area contributed by atoms with Crippen molar-refractivity contribution in [2.45, 2.75) is 19.8 Å². The van der Waals surface area contributed by atoms with Gasteiger partial charge in [0.15, 0.2) is 16.6 Å². The fraction of sp³-hybridized carbons (Fsp3) is 0.273. The highest BCUT2D eigenvalue weighted by Gasteiger charge is 2.09. The minimum absolute atomic E-state index is 0.218. The number of hydrogen-bond donors (Lipinski definition) is 2. The van der Waals surface area contributed by atoms with Gasteiger partial charge in [-0.1, -0.05) is 18.2 Å². The van der Waals surface area contributed by atoms with E-state index in [4.69, 9.17) is 9.47 Å². The van der Waals surface area contributed by atoms with E-state index < -0.39 is 0 Å². The van der Waals surface area contributed by atoms with E-state index in [1.807, 2.05) is 24.3 Å². The maximum atomic E-state index is 13.7. The number of aryl methyl sites for hydroxylation is 1. The lowest BCUT2D eigenvalue weighted by molar-refractivity contribution is 0.252. The number of hydrogen-bond acceptors (Lipinski definition) is 5.